The van der Waals surface area contributed by atoms with Crippen LogP contribution in [-0.2, 0) is 0 Å². The molecule has 0 bridgehead atoms. The van der Waals surface area contributed by atoms with E-state index in [1.54, 1.807) is 18.2 Å². The Morgan fingerprint density at radius 3 is 2.53 bits per heavy atom. The van der Waals surface area contributed by atoms with Crippen molar-refractivity contribution in [2.45, 2.75) is 69.6 Å². The van der Waals surface area contributed by atoms with Crippen molar-refractivity contribution in [1.29, 1.82) is 5.26 Å². The molecule has 1 aromatic carbocycles. The average molecular weight is 559 g/mol. The van der Waals surface area contributed by atoms with Crippen molar-refractivity contribution in [2.24, 2.45) is 5.92 Å². The van der Waals surface area contributed by atoms with Crippen molar-refractivity contribution in [2.75, 3.05) is 37.6 Å². The maximum Gasteiger partial charge on any atom is 0.282 e. The van der Waals surface area contributed by atoms with Gasteiger partial charge in [0.05, 0.1) is 22.8 Å². The Bertz CT molecular complexity index is 1130. The molecular formula is C27H35ClN6O3S. The first kappa shape index (κ1) is 27.1. The highest BCUT2D eigenvalue weighted by atomic mass is 35.5. The smallest absolute Gasteiger partial charge is 0.282 e. The lowest BCUT2D eigenvalue weighted by molar-refractivity contribution is 0.0724. The Balaban J connectivity index is 1.04. The number of benzene rings is 1. The molecule has 0 spiro atoms. The van der Waals surface area contributed by atoms with Crippen molar-refractivity contribution in [3.05, 3.63) is 33.8 Å². The summed E-state index contributed by atoms with van der Waals surface area (Å²) in [5, 5.41) is 32.0. The van der Waals surface area contributed by atoms with Crippen molar-refractivity contribution >= 4 is 34.0 Å². The fraction of sp³-hybridized carbons (Fsp3) is 0.630. The lowest BCUT2D eigenvalue weighted by Crippen LogP contribution is -2.42. The lowest BCUT2D eigenvalue weighted by Gasteiger charge is -2.36. The predicted molar refractivity (Wildman–Crippen MR) is 147 cm³/mol. The van der Waals surface area contributed by atoms with Gasteiger partial charge in [-0.15, -0.1) is 10.2 Å². The molecule has 1 aliphatic carbocycles. The molecule has 9 nitrogen and oxygen atoms in total. The summed E-state index contributed by atoms with van der Waals surface area (Å²) < 4.78 is 6.05. The van der Waals surface area contributed by atoms with Crippen LogP contribution in [0.15, 0.2) is 18.2 Å². The van der Waals surface area contributed by atoms with Crippen LogP contribution in [0.25, 0.3) is 0 Å². The lowest BCUT2D eigenvalue weighted by atomic mass is 9.93. The first-order valence-electron chi connectivity index (χ1n) is 13.6. The van der Waals surface area contributed by atoms with Crippen molar-refractivity contribution in [3.63, 3.8) is 0 Å². The van der Waals surface area contributed by atoms with Gasteiger partial charge in [0, 0.05) is 44.8 Å². The molecule has 3 heterocycles. The van der Waals surface area contributed by atoms with Crippen LogP contribution in [0.1, 0.15) is 66.7 Å². The quantitative estimate of drug-likeness (QED) is 0.526. The average Bonchev–Trinajstić information content (AvgIpc) is 3.42. The zero-order valence-corrected chi connectivity index (χ0v) is 23.1. The number of amides is 1. The Labute approximate surface area is 232 Å². The van der Waals surface area contributed by atoms with E-state index in [1.807, 2.05) is 0 Å². The van der Waals surface area contributed by atoms with Crippen LogP contribution in [0.4, 0.5) is 5.13 Å². The predicted octanol–water partition coefficient (Wildman–Crippen LogP) is 3.86. The molecule has 2 saturated heterocycles. The maximum absolute atomic E-state index is 12.9. The summed E-state index contributed by atoms with van der Waals surface area (Å²) in [6, 6.07) is 7.27. The van der Waals surface area contributed by atoms with E-state index in [1.165, 1.54) is 11.3 Å². The van der Waals surface area contributed by atoms with E-state index >= 15 is 0 Å². The summed E-state index contributed by atoms with van der Waals surface area (Å²) in [5.41, 5.74) is 0.435. The number of nitriles is 1. The van der Waals surface area contributed by atoms with Gasteiger partial charge in [0.25, 0.3) is 5.91 Å². The minimum Gasteiger partial charge on any atom is -0.490 e. The summed E-state index contributed by atoms with van der Waals surface area (Å²) >= 11 is 7.48. The number of aromatic nitrogens is 2. The van der Waals surface area contributed by atoms with E-state index in [4.69, 9.17) is 21.6 Å². The van der Waals surface area contributed by atoms with Crippen LogP contribution in [0.3, 0.4) is 0 Å². The molecule has 0 unspecified atom stereocenters. The van der Waals surface area contributed by atoms with Gasteiger partial charge >= 0.3 is 0 Å². The van der Waals surface area contributed by atoms with Gasteiger partial charge in [-0.3, -0.25) is 4.79 Å². The zero-order chi connectivity index (χ0) is 26.5. The normalized spacial score (nSPS) is 23.7. The molecule has 1 amide bonds. The molecule has 38 heavy (non-hydrogen) atoms. The number of piperidine rings is 2. The third-order valence-electron chi connectivity index (χ3n) is 7.94. The van der Waals surface area contributed by atoms with Crippen LogP contribution >= 0.6 is 22.9 Å². The molecule has 0 atom stereocenters. The van der Waals surface area contributed by atoms with Gasteiger partial charge in [-0.2, -0.15) is 5.26 Å². The van der Waals surface area contributed by atoms with E-state index in [0.29, 0.717) is 27.3 Å². The highest BCUT2D eigenvalue weighted by Crippen LogP contribution is 2.29. The topological polar surface area (TPSA) is 115 Å². The number of aliphatic hydroxyl groups excluding tert-OH is 1. The number of carbonyl (C=O) groups excluding carboxylic acids is 1. The molecule has 3 fully saturated rings. The Morgan fingerprint density at radius 1 is 1.11 bits per heavy atom. The van der Waals surface area contributed by atoms with E-state index in [-0.39, 0.29) is 24.2 Å². The first-order valence-corrected chi connectivity index (χ1v) is 14.8. The summed E-state index contributed by atoms with van der Waals surface area (Å²) in [6.45, 7) is 4.98. The second-order valence-electron chi connectivity index (χ2n) is 10.7. The molecule has 1 aromatic heterocycles. The van der Waals surface area contributed by atoms with Crippen LogP contribution < -0.4 is 15.0 Å². The Kier molecular flexibility index (Phi) is 9.00. The second-order valence-corrected chi connectivity index (χ2v) is 12.0. The van der Waals surface area contributed by atoms with E-state index in [0.717, 1.165) is 89.2 Å². The molecule has 5 rings (SSSR count). The molecule has 3 aliphatic rings. The van der Waals surface area contributed by atoms with E-state index in [2.05, 4.69) is 31.4 Å². The van der Waals surface area contributed by atoms with Gasteiger partial charge < -0.3 is 25.0 Å². The molecule has 1 saturated carbocycles. The third-order valence-corrected chi connectivity index (χ3v) is 9.24. The fourth-order valence-corrected chi connectivity index (χ4v) is 6.65. The molecule has 2 aromatic rings. The Hall–Kier alpha value is -2.45. The van der Waals surface area contributed by atoms with Crippen molar-refractivity contribution < 1.29 is 14.6 Å². The highest BCUT2D eigenvalue weighted by Gasteiger charge is 2.28. The number of carbonyl (C=O) groups is 1. The largest absolute Gasteiger partial charge is 0.490 e. The summed E-state index contributed by atoms with van der Waals surface area (Å²) in [4.78, 5) is 17.6. The fourth-order valence-electron chi connectivity index (χ4n) is 5.63. The number of likely N-dealkylation sites (tertiary alicyclic amines) is 1. The van der Waals surface area contributed by atoms with Gasteiger partial charge in [0.15, 0.2) is 0 Å². The number of hydrogen-bond acceptors (Lipinski definition) is 9. The number of nitrogens with zero attached hydrogens (tertiary/aromatic N) is 5. The third kappa shape index (κ3) is 6.94. The summed E-state index contributed by atoms with van der Waals surface area (Å²) in [6.07, 6.45) is 7.25. The van der Waals surface area contributed by atoms with Gasteiger partial charge in [-0.05, 0) is 69.4 Å². The number of ether oxygens (including phenoxy) is 1. The molecule has 2 aliphatic heterocycles. The molecule has 11 heteroatoms. The highest BCUT2D eigenvalue weighted by molar-refractivity contribution is 7.17. The van der Waals surface area contributed by atoms with Gasteiger partial charge in [-0.25, -0.2) is 0 Å². The van der Waals surface area contributed by atoms with Crippen LogP contribution in [0.5, 0.6) is 5.75 Å². The molecular weight excluding hydrogens is 524 g/mol. The van der Waals surface area contributed by atoms with E-state index in [9.17, 15) is 9.90 Å². The number of aliphatic hydroxyl groups is 1. The number of halogens is 1. The Morgan fingerprint density at radius 2 is 1.84 bits per heavy atom. The van der Waals surface area contributed by atoms with Crippen LogP contribution in [-0.4, -0.2) is 77.1 Å². The second kappa shape index (κ2) is 12.6. The van der Waals surface area contributed by atoms with Crippen molar-refractivity contribution in [3.8, 4) is 11.8 Å². The minimum absolute atomic E-state index is 0.0599. The minimum atomic E-state index is -0.154. The number of hydrogen-bond donors (Lipinski definition) is 2. The number of nitrogens with one attached hydrogen (secondary N) is 1. The maximum atomic E-state index is 12.9. The number of anilines is 1. The SMILES string of the molecule is N#Cc1ccc(OC2CCC(NC(=O)c3nnc(N4CCC(CN5CCC(O)CC5)CC4)s3)CC2)cc1Cl. The van der Waals surface area contributed by atoms with Gasteiger partial charge in [0.1, 0.15) is 11.8 Å². The van der Waals surface area contributed by atoms with Crippen LogP contribution in [0, 0.1) is 17.2 Å². The monoisotopic (exact) mass is 558 g/mol. The first-order chi connectivity index (χ1) is 18.5. The van der Waals surface area contributed by atoms with Gasteiger partial charge in [-0.1, -0.05) is 22.9 Å². The number of rotatable bonds is 7. The summed E-state index contributed by atoms with van der Waals surface area (Å²) in [5.74, 6) is 1.18. The molecule has 2 N–H and O–H groups in total. The summed E-state index contributed by atoms with van der Waals surface area (Å²) in [7, 11) is 0. The van der Waals surface area contributed by atoms with Crippen molar-refractivity contribution in [1.82, 2.24) is 20.4 Å². The van der Waals surface area contributed by atoms with Gasteiger partial charge in [0.2, 0.25) is 10.1 Å². The van der Waals surface area contributed by atoms with Crippen LogP contribution in [0.2, 0.25) is 5.02 Å². The van der Waals surface area contributed by atoms with E-state index < -0.39 is 0 Å². The molecule has 204 valence electrons. The standard InChI is InChI=1S/C27H35ClN6O3S/c28-24-15-23(4-1-19(24)16-29)37-22-5-2-20(3-6-22)30-25(36)26-31-32-27(38-26)34-13-7-18(8-14-34)17-33-11-9-21(35)10-12-33/h1,4,15,18,20-22,35H,2-3,5-14,17H2,(H,30,36). The zero-order valence-electron chi connectivity index (χ0n) is 21.5. The molecule has 0 radical (unpaired) electrons.